The molecule has 0 aliphatic heterocycles. The van der Waals surface area contributed by atoms with Crippen LogP contribution in [-0.4, -0.2) is 16.8 Å². The zero-order chi connectivity index (χ0) is 10.1. The summed E-state index contributed by atoms with van der Waals surface area (Å²) in [6.45, 7) is 2.48. The molecule has 0 fully saturated rings. The van der Waals surface area contributed by atoms with Gasteiger partial charge in [-0.3, -0.25) is 5.10 Å². The van der Waals surface area contributed by atoms with Crippen molar-refractivity contribution in [2.45, 2.75) is 6.92 Å². The largest absolute Gasteiger partial charge is 0.493 e. The molecule has 0 aliphatic carbocycles. The average Bonchev–Trinajstić information content (AvgIpc) is 2.48. The molecule has 3 N–H and O–H groups in total. The SMILES string of the molecule is CCOc1cc(Cl)cc2[nH]nc(N)c12. The van der Waals surface area contributed by atoms with Gasteiger partial charge in [0.25, 0.3) is 0 Å². The summed E-state index contributed by atoms with van der Waals surface area (Å²) in [5.41, 5.74) is 6.48. The number of hydrogen-bond acceptors (Lipinski definition) is 3. The van der Waals surface area contributed by atoms with Crippen molar-refractivity contribution in [3.05, 3.63) is 17.2 Å². The van der Waals surface area contributed by atoms with E-state index in [0.29, 0.717) is 23.2 Å². The van der Waals surface area contributed by atoms with Gasteiger partial charge >= 0.3 is 0 Å². The summed E-state index contributed by atoms with van der Waals surface area (Å²) in [5.74, 6) is 1.10. The van der Waals surface area contributed by atoms with Crippen molar-refractivity contribution in [3.63, 3.8) is 0 Å². The minimum absolute atomic E-state index is 0.431. The molecule has 0 amide bonds. The van der Waals surface area contributed by atoms with E-state index in [9.17, 15) is 0 Å². The van der Waals surface area contributed by atoms with Gasteiger partial charge in [0.05, 0.1) is 17.5 Å². The van der Waals surface area contributed by atoms with E-state index in [2.05, 4.69) is 10.2 Å². The molecule has 0 spiro atoms. The third-order valence-electron chi connectivity index (χ3n) is 1.92. The lowest BCUT2D eigenvalue weighted by atomic mass is 10.2. The molecule has 0 radical (unpaired) electrons. The van der Waals surface area contributed by atoms with Crippen LogP contribution < -0.4 is 10.5 Å². The number of benzene rings is 1. The van der Waals surface area contributed by atoms with Gasteiger partial charge in [-0.2, -0.15) is 5.10 Å². The van der Waals surface area contributed by atoms with Crippen molar-refractivity contribution in [1.29, 1.82) is 0 Å². The van der Waals surface area contributed by atoms with E-state index in [0.717, 1.165) is 10.9 Å². The Balaban J connectivity index is 2.70. The van der Waals surface area contributed by atoms with Gasteiger partial charge in [0.2, 0.25) is 0 Å². The molecule has 0 bridgehead atoms. The van der Waals surface area contributed by atoms with Crippen LogP contribution in [0.4, 0.5) is 5.82 Å². The normalized spacial score (nSPS) is 10.7. The summed E-state index contributed by atoms with van der Waals surface area (Å²) >= 11 is 5.90. The topological polar surface area (TPSA) is 63.9 Å². The lowest BCUT2D eigenvalue weighted by Gasteiger charge is -2.04. The molecular formula is C9H10ClN3O. The van der Waals surface area contributed by atoms with Crippen molar-refractivity contribution in [2.24, 2.45) is 0 Å². The van der Waals surface area contributed by atoms with Gasteiger partial charge in [-0.05, 0) is 19.1 Å². The number of H-pyrrole nitrogens is 1. The van der Waals surface area contributed by atoms with E-state index in [1.54, 1.807) is 12.1 Å². The fourth-order valence-corrected chi connectivity index (χ4v) is 1.59. The first-order valence-corrected chi connectivity index (χ1v) is 4.66. The number of aromatic amines is 1. The molecule has 1 aromatic heterocycles. The Labute approximate surface area is 86.0 Å². The predicted molar refractivity (Wildman–Crippen MR) is 56.7 cm³/mol. The minimum Gasteiger partial charge on any atom is -0.493 e. The second-order valence-corrected chi connectivity index (χ2v) is 3.30. The fraction of sp³-hybridized carbons (Fsp3) is 0.222. The van der Waals surface area contributed by atoms with Crippen molar-refractivity contribution >= 4 is 28.3 Å². The third-order valence-corrected chi connectivity index (χ3v) is 2.14. The average molecular weight is 212 g/mol. The summed E-state index contributed by atoms with van der Waals surface area (Å²) in [6.07, 6.45) is 0. The maximum atomic E-state index is 5.90. The lowest BCUT2D eigenvalue weighted by Crippen LogP contribution is -1.93. The third kappa shape index (κ3) is 1.37. The molecule has 4 nitrogen and oxygen atoms in total. The number of nitrogens with one attached hydrogen (secondary N) is 1. The highest BCUT2D eigenvalue weighted by Crippen LogP contribution is 2.32. The Bertz CT molecular complexity index is 466. The van der Waals surface area contributed by atoms with Gasteiger partial charge in [-0.25, -0.2) is 0 Å². The molecule has 74 valence electrons. The van der Waals surface area contributed by atoms with E-state index in [1.165, 1.54) is 0 Å². The van der Waals surface area contributed by atoms with Crippen LogP contribution in [0.1, 0.15) is 6.92 Å². The molecule has 2 aromatic rings. The molecule has 0 saturated heterocycles. The molecule has 0 saturated carbocycles. The summed E-state index contributed by atoms with van der Waals surface area (Å²) in [6, 6.07) is 3.50. The summed E-state index contributed by atoms with van der Waals surface area (Å²) in [5, 5.41) is 8.07. The molecule has 2 rings (SSSR count). The van der Waals surface area contributed by atoms with Gasteiger partial charge < -0.3 is 10.5 Å². The number of halogens is 1. The molecule has 0 unspecified atom stereocenters. The Kier molecular flexibility index (Phi) is 2.21. The standard InChI is InChI=1S/C9H10ClN3O/c1-2-14-7-4-5(10)3-6-8(7)9(11)13-12-6/h3-4H,2H2,1H3,(H3,11,12,13). The van der Waals surface area contributed by atoms with Gasteiger partial charge in [0, 0.05) is 5.02 Å². The number of aromatic nitrogens is 2. The van der Waals surface area contributed by atoms with Crippen LogP contribution in [0.15, 0.2) is 12.1 Å². The number of nitrogen functional groups attached to an aromatic ring is 1. The van der Waals surface area contributed by atoms with Crippen molar-refractivity contribution in [1.82, 2.24) is 10.2 Å². The van der Waals surface area contributed by atoms with Gasteiger partial charge in [-0.1, -0.05) is 11.6 Å². The Morgan fingerprint density at radius 3 is 3.07 bits per heavy atom. The fourth-order valence-electron chi connectivity index (χ4n) is 1.38. The smallest absolute Gasteiger partial charge is 0.156 e. The number of fused-ring (bicyclic) bond motifs is 1. The lowest BCUT2D eigenvalue weighted by molar-refractivity contribution is 0.344. The molecule has 0 aliphatic rings. The zero-order valence-corrected chi connectivity index (χ0v) is 8.43. The van der Waals surface area contributed by atoms with Crippen molar-refractivity contribution < 1.29 is 4.74 Å². The zero-order valence-electron chi connectivity index (χ0n) is 7.67. The Morgan fingerprint density at radius 2 is 2.36 bits per heavy atom. The molecule has 5 heteroatoms. The first-order chi connectivity index (χ1) is 6.72. The Morgan fingerprint density at radius 1 is 1.57 bits per heavy atom. The molecule has 0 atom stereocenters. The highest BCUT2D eigenvalue weighted by Gasteiger charge is 2.10. The number of nitrogens with two attached hydrogens (primary N) is 1. The summed E-state index contributed by atoms with van der Waals surface area (Å²) in [7, 11) is 0. The number of anilines is 1. The van der Waals surface area contributed by atoms with Gasteiger partial charge in [0.15, 0.2) is 5.82 Å². The molecule has 1 aromatic carbocycles. The van der Waals surface area contributed by atoms with Crippen LogP contribution in [0.5, 0.6) is 5.75 Å². The van der Waals surface area contributed by atoms with Gasteiger partial charge in [-0.15, -0.1) is 0 Å². The van der Waals surface area contributed by atoms with Crippen molar-refractivity contribution in [2.75, 3.05) is 12.3 Å². The van der Waals surface area contributed by atoms with Crippen LogP contribution >= 0.6 is 11.6 Å². The van der Waals surface area contributed by atoms with E-state index in [1.807, 2.05) is 6.92 Å². The van der Waals surface area contributed by atoms with E-state index in [4.69, 9.17) is 22.1 Å². The van der Waals surface area contributed by atoms with E-state index < -0.39 is 0 Å². The maximum Gasteiger partial charge on any atom is 0.156 e. The minimum atomic E-state index is 0.431. The number of rotatable bonds is 2. The van der Waals surface area contributed by atoms with Gasteiger partial charge in [0.1, 0.15) is 5.75 Å². The van der Waals surface area contributed by atoms with Crippen LogP contribution in [0.3, 0.4) is 0 Å². The number of nitrogens with zero attached hydrogens (tertiary/aromatic N) is 1. The number of hydrogen-bond donors (Lipinski definition) is 2. The second-order valence-electron chi connectivity index (χ2n) is 2.87. The molecule has 1 heterocycles. The maximum absolute atomic E-state index is 5.90. The summed E-state index contributed by atoms with van der Waals surface area (Å²) < 4.78 is 5.41. The number of ether oxygens (including phenoxy) is 1. The highest BCUT2D eigenvalue weighted by atomic mass is 35.5. The quantitative estimate of drug-likeness (QED) is 0.801. The van der Waals surface area contributed by atoms with Crippen LogP contribution in [0.25, 0.3) is 10.9 Å². The van der Waals surface area contributed by atoms with Crippen LogP contribution in [-0.2, 0) is 0 Å². The van der Waals surface area contributed by atoms with E-state index in [-0.39, 0.29) is 0 Å². The monoisotopic (exact) mass is 211 g/mol. The first kappa shape index (κ1) is 9.15. The molecule has 14 heavy (non-hydrogen) atoms. The van der Waals surface area contributed by atoms with Crippen molar-refractivity contribution in [3.8, 4) is 5.75 Å². The van der Waals surface area contributed by atoms with Crippen LogP contribution in [0, 0.1) is 0 Å². The highest BCUT2D eigenvalue weighted by molar-refractivity contribution is 6.31. The summed E-state index contributed by atoms with van der Waals surface area (Å²) in [4.78, 5) is 0. The first-order valence-electron chi connectivity index (χ1n) is 4.28. The molecular weight excluding hydrogens is 202 g/mol. The Hall–Kier alpha value is -1.42. The predicted octanol–water partition coefficient (Wildman–Crippen LogP) is 2.20. The van der Waals surface area contributed by atoms with Crippen LogP contribution in [0.2, 0.25) is 5.02 Å². The van der Waals surface area contributed by atoms with E-state index >= 15 is 0 Å². The second kappa shape index (κ2) is 3.38.